The SMILES string of the molecule is C=C(Br)Cn1nc(C)c(S(=O)(=O)Cl)c1C. The molecule has 0 aliphatic rings. The summed E-state index contributed by atoms with van der Waals surface area (Å²) >= 11 is 3.19. The molecule has 0 N–H and O–H groups in total. The van der Waals surface area contributed by atoms with Gasteiger partial charge in [-0.3, -0.25) is 4.68 Å². The van der Waals surface area contributed by atoms with Gasteiger partial charge in [0, 0.05) is 15.2 Å². The van der Waals surface area contributed by atoms with Crippen molar-refractivity contribution in [1.29, 1.82) is 0 Å². The van der Waals surface area contributed by atoms with Gasteiger partial charge in [0.05, 0.1) is 17.9 Å². The van der Waals surface area contributed by atoms with Gasteiger partial charge in [0.1, 0.15) is 4.90 Å². The summed E-state index contributed by atoms with van der Waals surface area (Å²) in [6.07, 6.45) is 0. The van der Waals surface area contributed by atoms with Crippen LogP contribution >= 0.6 is 26.6 Å². The first-order valence-electron chi connectivity index (χ1n) is 4.05. The lowest BCUT2D eigenvalue weighted by molar-refractivity contribution is 0.607. The Hall–Kier alpha value is -0.330. The van der Waals surface area contributed by atoms with E-state index in [0.717, 1.165) is 0 Å². The molecule has 0 saturated carbocycles. The molecule has 84 valence electrons. The van der Waals surface area contributed by atoms with Crippen molar-refractivity contribution in [2.75, 3.05) is 0 Å². The van der Waals surface area contributed by atoms with E-state index in [0.29, 0.717) is 22.4 Å². The predicted molar refractivity (Wildman–Crippen MR) is 62.8 cm³/mol. The molecule has 0 fully saturated rings. The maximum absolute atomic E-state index is 11.3. The molecule has 0 amide bonds. The van der Waals surface area contributed by atoms with Gasteiger partial charge < -0.3 is 0 Å². The number of aryl methyl sites for hydroxylation is 1. The van der Waals surface area contributed by atoms with Crippen LogP contribution in [-0.4, -0.2) is 18.2 Å². The average Bonchev–Trinajstić information content (AvgIpc) is 2.23. The molecule has 0 radical (unpaired) electrons. The van der Waals surface area contributed by atoms with E-state index in [1.807, 2.05) is 0 Å². The summed E-state index contributed by atoms with van der Waals surface area (Å²) in [6.45, 7) is 7.35. The highest BCUT2D eigenvalue weighted by Crippen LogP contribution is 2.23. The Bertz CT molecular complexity index is 507. The monoisotopic (exact) mass is 312 g/mol. The standard InChI is InChI=1S/C8H10BrClN2O2S/c1-5(9)4-12-7(3)8(6(2)11-12)15(10,13)14/h1,4H2,2-3H3. The van der Waals surface area contributed by atoms with E-state index in [-0.39, 0.29) is 4.90 Å². The van der Waals surface area contributed by atoms with Crippen molar-refractivity contribution >= 4 is 35.7 Å². The van der Waals surface area contributed by atoms with Crippen LogP contribution in [0.25, 0.3) is 0 Å². The highest BCUT2D eigenvalue weighted by molar-refractivity contribution is 9.11. The molecule has 0 spiro atoms. The fourth-order valence-electron chi connectivity index (χ4n) is 1.35. The Morgan fingerprint density at radius 3 is 2.47 bits per heavy atom. The molecule has 1 aromatic heterocycles. The highest BCUT2D eigenvalue weighted by atomic mass is 79.9. The minimum Gasteiger partial charge on any atom is -0.263 e. The van der Waals surface area contributed by atoms with Crippen LogP contribution in [-0.2, 0) is 15.6 Å². The summed E-state index contributed by atoms with van der Waals surface area (Å²) < 4.78 is 24.8. The van der Waals surface area contributed by atoms with Crippen LogP contribution in [0.15, 0.2) is 16.0 Å². The largest absolute Gasteiger partial charge is 0.264 e. The van der Waals surface area contributed by atoms with Crippen LogP contribution in [0.2, 0.25) is 0 Å². The van der Waals surface area contributed by atoms with Gasteiger partial charge in [0.2, 0.25) is 0 Å². The molecule has 0 aliphatic heterocycles. The number of halogens is 2. The van der Waals surface area contributed by atoms with E-state index >= 15 is 0 Å². The molecule has 1 rings (SSSR count). The van der Waals surface area contributed by atoms with Gasteiger partial charge in [-0.2, -0.15) is 5.10 Å². The van der Waals surface area contributed by atoms with Gasteiger partial charge in [-0.1, -0.05) is 22.5 Å². The third-order valence-corrected chi connectivity index (χ3v) is 3.67. The van der Waals surface area contributed by atoms with E-state index in [1.54, 1.807) is 18.5 Å². The normalized spacial score (nSPS) is 11.7. The van der Waals surface area contributed by atoms with E-state index in [4.69, 9.17) is 10.7 Å². The molecule has 0 aliphatic carbocycles. The van der Waals surface area contributed by atoms with Crippen LogP contribution < -0.4 is 0 Å². The van der Waals surface area contributed by atoms with E-state index in [1.165, 1.54) is 0 Å². The molecule has 0 unspecified atom stereocenters. The fraction of sp³-hybridized carbons (Fsp3) is 0.375. The Balaban J connectivity index is 3.33. The van der Waals surface area contributed by atoms with Crippen molar-refractivity contribution < 1.29 is 8.42 Å². The van der Waals surface area contributed by atoms with Gasteiger partial charge in [-0.25, -0.2) is 8.42 Å². The third kappa shape index (κ3) is 2.83. The summed E-state index contributed by atoms with van der Waals surface area (Å²) in [5.41, 5.74) is 0.916. The molecule has 15 heavy (non-hydrogen) atoms. The van der Waals surface area contributed by atoms with E-state index in [9.17, 15) is 8.42 Å². The number of hydrogen-bond acceptors (Lipinski definition) is 3. The summed E-state index contributed by atoms with van der Waals surface area (Å²) in [5, 5.41) is 4.08. The smallest absolute Gasteiger partial charge is 0.263 e. The average molecular weight is 314 g/mol. The zero-order chi connectivity index (χ0) is 11.8. The van der Waals surface area contributed by atoms with E-state index in [2.05, 4.69) is 27.6 Å². The summed E-state index contributed by atoms with van der Waals surface area (Å²) in [5.74, 6) is 0. The van der Waals surface area contributed by atoms with Gasteiger partial charge in [-0.05, 0) is 13.8 Å². The molecule has 0 atom stereocenters. The zero-order valence-corrected chi connectivity index (χ0v) is 11.4. The van der Waals surface area contributed by atoms with Gasteiger partial charge in [0.25, 0.3) is 9.05 Å². The predicted octanol–water partition coefficient (Wildman–Crippen LogP) is 2.34. The van der Waals surface area contributed by atoms with Crippen LogP contribution in [0, 0.1) is 13.8 Å². The third-order valence-electron chi connectivity index (χ3n) is 1.88. The van der Waals surface area contributed by atoms with Crippen molar-refractivity contribution in [2.45, 2.75) is 25.3 Å². The Kier molecular flexibility index (Phi) is 3.63. The Labute approximate surface area is 101 Å². The first kappa shape index (κ1) is 12.7. The molecule has 1 heterocycles. The fourth-order valence-corrected chi connectivity index (χ4v) is 3.11. The zero-order valence-electron chi connectivity index (χ0n) is 8.29. The topological polar surface area (TPSA) is 52.0 Å². The second-order valence-corrected chi connectivity index (χ2v) is 6.74. The lowest BCUT2D eigenvalue weighted by Gasteiger charge is -2.02. The number of hydrogen-bond donors (Lipinski definition) is 0. The lowest BCUT2D eigenvalue weighted by Crippen LogP contribution is -2.03. The van der Waals surface area contributed by atoms with Gasteiger partial charge in [-0.15, -0.1) is 0 Å². The second-order valence-electron chi connectivity index (χ2n) is 3.11. The molecule has 0 aromatic carbocycles. The minimum atomic E-state index is -3.74. The maximum Gasteiger partial charge on any atom is 0.264 e. The summed E-state index contributed by atoms with van der Waals surface area (Å²) in [6, 6.07) is 0. The molecular formula is C8H10BrClN2O2S. The van der Waals surface area contributed by atoms with Crippen molar-refractivity contribution in [3.05, 3.63) is 22.4 Å². The highest BCUT2D eigenvalue weighted by Gasteiger charge is 2.22. The van der Waals surface area contributed by atoms with Crippen LogP contribution in [0.3, 0.4) is 0 Å². The van der Waals surface area contributed by atoms with E-state index < -0.39 is 9.05 Å². The summed E-state index contributed by atoms with van der Waals surface area (Å²) in [4.78, 5) is 0.0814. The van der Waals surface area contributed by atoms with Crippen molar-refractivity contribution in [3.63, 3.8) is 0 Å². The van der Waals surface area contributed by atoms with Gasteiger partial charge >= 0.3 is 0 Å². The quantitative estimate of drug-likeness (QED) is 0.805. The Morgan fingerprint density at radius 2 is 2.13 bits per heavy atom. The molecule has 4 nitrogen and oxygen atoms in total. The summed E-state index contributed by atoms with van der Waals surface area (Å²) in [7, 11) is 1.57. The number of rotatable bonds is 3. The maximum atomic E-state index is 11.3. The van der Waals surface area contributed by atoms with Crippen LogP contribution in [0.5, 0.6) is 0 Å². The number of allylic oxidation sites excluding steroid dienone is 1. The van der Waals surface area contributed by atoms with Crippen molar-refractivity contribution in [1.82, 2.24) is 9.78 Å². The first-order valence-corrected chi connectivity index (χ1v) is 7.15. The number of nitrogens with zero attached hydrogens (tertiary/aromatic N) is 2. The molecule has 7 heteroatoms. The molecule has 0 bridgehead atoms. The molecule has 0 saturated heterocycles. The van der Waals surface area contributed by atoms with Gasteiger partial charge in [0.15, 0.2) is 0 Å². The second kappa shape index (κ2) is 4.27. The molecule has 1 aromatic rings. The van der Waals surface area contributed by atoms with Crippen LogP contribution in [0.1, 0.15) is 11.4 Å². The van der Waals surface area contributed by atoms with Crippen molar-refractivity contribution in [2.24, 2.45) is 0 Å². The molecular weight excluding hydrogens is 304 g/mol. The number of aromatic nitrogens is 2. The Morgan fingerprint density at radius 1 is 1.60 bits per heavy atom. The van der Waals surface area contributed by atoms with Crippen molar-refractivity contribution in [3.8, 4) is 0 Å². The van der Waals surface area contributed by atoms with Crippen LogP contribution in [0.4, 0.5) is 0 Å². The minimum absolute atomic E-state index is 0.0814. The lowest BCUT2D eigenvalue weighted by atomic mass is 10.4. The first-order chi connectivity index (χ1) is 6.73.